The van der Waals surface area contributed by atoms with Gasteiger partial charge in [-0.25, -0.2) is 0 Å². The van der Waals surface area contributed by atoms with Crippen LogP contribution in [0.25, 0.3) is 11.1 Å². The maximum absolute atomic E-state index is 13.5. The van der Waals surface area contributed by atoms with Crippen LogP contribution in [0, 0.1) is 6.92 Å². The number of nitrogens with zero attached hydrogens (tertiary/aromatic N) is 3. The maximum Gasteiger partial charge on any atom is 0.271 e. The zero-order chi connectivity index (χ0) is 20.8. The number of carbonyl (C=O) groups excluding carboxylic acids is 2. The van der Waals surface area contributed by atoms with Crippen LogP contribution in [0.3, 0.4) is 0 Å². The molecule has 2 amide bonds. The first-order valence-electron chi connectivity index (χ1n) is 10.7. The Balaban J connectivity index is 1.69. The van der Waals surface area contributed by atoms with Crippen molar-refractivity contribution >= 4 is 22.9 Å². The second-order valence-electron chi connectivity index (χ2n) is 9.06. The first-order valence-corrected chi connectivity index (χ1v) is 10.7. The average Bonchev–Trinajstić information content (AvgIpc) is 3.19. The van der Waals surface area contributed by atoms with Gasteiger partial charge in [-0.1, -0.05) is 19.3 Å². The van der Waals surface area contributed by atoms with Gasteiger partial charge in [0.1, 0.15) is 17.0 Å². The van der Waals surface area contributed by atoms with Gasteiger partial charge in [0.2, 0.25) is 5.91 Å². The summed E-state index contributed by atoms with van der Waals surface area (Å²) in [5, 5.41) is 3.26. The Morgan fingerprint density at radius 2 is 2.00 bits per heavy atom. The second kappa shape index (κ2) is 7.52. The average molecular weight is 401 g/mol. The highest BCUT2D eigenvalue weighted by atomic mass is 16.3. The molecular weight excluding hydrogens is 368 g/mol. The summed E-state index contributed by atoms with van der Waals surface area (Å²) in [5.41, 5.74) is 1.25. The van der Waals surface area contributed by atoms with Crippen molar-refractivity contribution in [3.63, 3.8) is 0 Å². The molecule has 1 N–H and O–H groups in total. The minimum Gasteiger partial charge on any atom is -0.460 e. The third-order valence-electron chi connectivity index (χ3n) is 6.44. The summed E-state index contributed by atoms with van der Waals surface area (Å²) < 4.78 is 7.71. The Kier molecular flexibility index (Phi) is 5.19. The fourth-order valence-electron chi connectivity index (χ4n) is 4.70. The smallest absolute Gasteiger partial charge is 0.271 e. The lowest BCUT2D eigenvalue weighted by atomic mass is 9.91. The number of hydrogen-bond acceptors (Lipinski definition) is 4. The molecule has 3 heterocycles. The highest BCUT2D eigenvalue weighted by Gasteiger charge is 2.48. The molecule has 0 radical (unpaired) electrons. The fraction of sp³-hybridized carbons (Fsp3) is 0.636. The van der Waals surface area contributed by atoms with Gasteiger partial charge in [0, 0.05) is 31.3 Å². The summed E-state index contributed by atoms with van der Waals surface area (Å²) in [6, 6.07) is 3.97. The van der Waals surface area contributed by atoms with E-state index in [0.29, 0.717) is 30.9 Å². The van der Waals surface area contributed by atoms with Crippen LogP contribution in [0.2, 0.25) is 0 Å². The van der Waals surface area contributed by atoms with Crippen LogP contribution in [0.15, 0.2) is 16.5 Å². The van der Waals surface area contributed by atoms with Gasteiger partial charge in [0.25, 0.3) is 5.91 Å². The zero-order valence-corrected chi connectivity index (χ0v) is 18.0. The van der Waals surface area contributed by atoms with Gasteiger partial charge >= 0.3 is 0 Å². The predicted octanol–water partition coefficient (Wildman–Crippen LogP) is 2.77. The van der Waals surface area contributed by atoms with E-state index in [4.69, 9.17) is 4.42 Å². The number of aryl methyl sites for hydroxylation is 1. The van der Waals surface area contributed by atoms with Crippen molar-refractivity contribution in [1.29, 1.82) is 0 Å². The number of furan rings is 1. The van der Waals surface area contributed by atoms with E-state index in [0.717, 1.165) is 37.0 Å². The van der Waals surface area contributed by atoms with Crippen LogP contribution in [-0.2, 0) is 11.3 Å². The molecule has 2 aliphatic rings. The summed E-state index contributed by atoms with van der Waals surface area (Å²) in [7, 11) is 3.96. The molecule has 29 heavy (non-hydrogen) atoms. The molecule has 2 aromatic rings. The monoisotopic (exact) mass is 400 g/mol. The Bertz CT molecular complexity index is 922. The van der Waals surface area contributed by atoms with Gasteiger partial charge in [0.05, 0.1) is 12.1 Å². The molecule has 0 spiro atoms. The van der Waals surface area contributed by atoms with Crippen LogP contribution in [0.4, 0.5) is 0 Å². The van der Waals surface area contributed by atoms with E-state index in [9.17, 15) is 9.59 Å². The number of hydrogen-bond donors (Lipinski definition) is 1. The fourth-order valence-corrected chi connectivity index (χ4v) is 4.70. The lowest BCUT2D eigenvalue weighted by Gasteiger charge is -2.45. The summed E-state index contributed by atoms with van der Waals surface area (Å²) in [4.78, 5) is 30.8. The highest BCUT2D eigenvalue weighted by molar-refractivity contribution is 6.03. The van der Waals surface area contributed by atoms with Crippen molar-refractivity contribution in [2.75, 3.05) is 27.2 Å². The quantitative estimate of drug-likeness (QED) is 0.838. The summed E-state index contributed by atoms with van der Waals surface area (Å²) in [5.74, 6) is 0.647. The molecule has 2 aromatic heterocycles. The highest BCUT2D eigenvalue weighted by Crippen LogP contribution is 2.34. The van der Waals surface area contributed by atoms with Crippen molar-refractivity contribution in [1.82, 2.24) is 19.7 Å². The van der Waals surface area contributed by atoms with Crippen LogP contribution >= 0.6 is 0 Å². The summed E-state index contributed by atoms with van der Waals surface area (Å²) in [6.45, 7) is 5.44. The Labute approximate surface area is 172 Å². The normalized spacial score (nSPS) is 23.1. The third kappa shape index (κ3) is 3.56. The lowest BCUT2D eigenvalue weighted by molar-refractivity contribution is -0.133. The molecule has 1 aliphatic carbocycles. The molecule has 4 rings (SSSR count). The van der Waals surface area contributed by atoms with Crippen molar-refractivity contribution < 1.29 is 14.0 Å². The molecule has 7 nitrogen and oxygen atoms in total. The van der Waals surface area contributed by atoms with Gasteiger partial charge in [-0.05, 0) is 40.8 Å². The minimum absolute atomic E-state index is 0.0516. The summed E-state index contributed by atoms with van der Waals surface area (Å²) >= 11 is 0. The van der Waals surface area contributed by atoms with Gasteiger partial charge in [0.15, 0.2) is 5.58 Å². The van der Waals surface area contributed by atoms with Crippen LogP contribution in [0.5, 0.6) is 0 Å². The number of aromatic nitrogens is 1. The third-order valence-corrected chi connectivity index (χ3v) is 6.44. The molecular formula is C22H32N4O3. The van der Waals surface area contributed by atoms with E-state index >= 15 is 0 Å². The van der Waals surface area contributed by atoms with Crippen LogP contribution in [-0.4, -0.2) is 64.9 Å². The van der Waals surface area contributed by atoms with E-state index in [-0.39, 0.29) is 17.9 Å². The number of amides is 2. The van der Waals surface area contributed by atoms with Crippen LogP contribution < -0.4 is 5.32 Å². The molecule has 1 saturated carbocycles. The van der Waals surface area contributed by atoms with Gasteiger partial charge in [-0.15, -0.1) is 0 Å². The second-order valence-corrected chi connectivity index (χ2v) is 9.06. The van der Waals surface area contributed by atoms with Crippen molar-refractivity contribution in [3.8, 4) is 0 Å². The van der Waals surface area contributed by atoms with E-state index in [2.05, 4.69) is 5.32 Å². The van der Waals surface area contributed by atoms with Gasteiger partial charge in [-0.2, -0.15) is 0 Å². The minimum atomic E-state index is -0.936. The number of likely N-dealkylation sites (N-methyl/N-ethyl adjacent to an activating group) is 1. The molecule has 1 unspecified atom stereocenters. The lowest BCUT2D eigenvalue weighted by Crippen LogP contribution is -2.65. The largest absolute Gasteiger partial charge is 0.460 e. The van der Waals surface area contributed by atoms with E-state index in [1.807, 2.05) is 49.5 Å². The van der Waals surface area contributed by atoms with E-state index in [1.165, 1.54) is 6.42 Å². The number of nitrogens with one attached hydrogen (secondary N) is 1. The standard InChI is InChI=1S/C22H32N4O3/c1-15-12-17-19(29-15)13-18-20(27)26(11-10-24(3)4)22(2,14-25(17)18)21(28)23-16-8-6-5-7-9-16/h12-13,16H,5-11,14H2,1-4H3,(H,23,28). The Hall–Kier alpha value is -2.28. The van der Waals surface area contributed by atoms with Gasteiger partial charge < -0.3 is 24.1 Å². The first kappa shape index (κ1) is 20.0. The van der Waals surface area contributed by atoms with Crippen molar-refractivity contribution in [2.24, 2.45) is 0 Å². The molecule has 158 valence electrons. The SMILES string of the molecule is Cc1cc2c(cc3n2CC(C)(C(=O)NC2CCCCC2)N(CCN(C)C)C3=O)o1. The molecule has 1 atom stereocenters. The predicted molar refractivity (Wildman–Crippen MR) is 112 cm³/mol. The molecule has 1 aliphatic heterocycles. The first-order chi connectivity index (χ1) is 13.8. The maximum atomic E-state index is 13.5. The van der Waals surface area contributed by atoms with E-state index < -0.39 is 5.54 Å². The number of rotatable bonds is 5. The Morgan fingerprint density at radius 1 is 1.28 bits per heavy atom. The zero-order valence-electron chi connectivity index (χ0n) is 18.0. The molecule has 7 heteroatoms. The molecule has 0 saturated heterocycles. The molecule has 0 aromatic carbocycles. The molecule has 0 bridgehead atoms. The number of fused-ring (bicyclic) bond motifs is 3. The van der Waals surface area contributed by atoms with E-state index in [1.54, 1.807) is 4.90 Å². The van der Waals surface area contributed by atoms with Crippen molar-refractivity contribution in [2.45, 2.75) is 64.1 Å². The van der Waals surface area contributed by atoms with Gasteiger partial charge in [-0.3, -0.25) is 9.59 Å². The van der Waals surface area contributed by atoms with Crippen molar-refractivity contribution in [3.05, 3.63) is 23.6 Å². The molecule has 1 fully saturated rings. The Morgan fingerprint density at radius 3 is 2.69 bits per heavy atom. The topological polar surface area (TPSA) is 70.7 Å². The van der Waals surface area contributed by atoms with Crippen LogP contribution in [0.1, 0.15) is 55.3 Å². The summed E-state index contributed by atoms with van der Waals surface area (Å²) in [6.07, 6.45) is 5.59. The number of carbonyl (C=O) groups is 2.